The number of hydrogen-bond acceptors (Lipinski definition) is 2. The number of aromatic nitrogens is 2. The first kappa shape index (κ1) is 15.0. The summed E-state index contributed by atoms with van der Waals surface area (Å²) in [5, 5.41) is 7.33. The molecule has 1 aromatic rings. The van der Waals surface area contributed by atoms with Gasteiger partial charge < -0.3 is 5.32 Å². The minimum atomic E-state index is -0.0941. The van der Waals surface area contributed by atoms with Gasteiger partial charge in [-0.05, 0) is 25.3 Å². The Hall–Kier alpha value is -1.03. The molecule has 0 saturated heterocycles. The van der Waals surface area contributed by atoms with Crippen LogP contribution < -0.4 is 5.32 Å². The Kier molecular flexibility index (Phi) is 5.66. The fraction of sp³-hybridized carbons (Fsp3) is 0.692. The van der Waals surface area contributed by atoms with Crippen molar-refractivity contribution < 1.29 is 4.79 Å². The number of hydrogen-bond donors (Lipinski definition) is 1. The smallest absolute Gasteiger partial charge is 0.269 e. The van der Waals surface area contributed by atoms with E-state index in [9.17, 15) is 4.79 Å². The van der Waals surface area contributed by atoms with Crippen molar-refractivity contribution in [1.82, 2.24) is 15.1 Å². The number of carbonyl (C=O) groups excluding carboxylic acids is 1. The SMILES string of the molecule is CCc1cc(C(=O)NC(CCl)C(C)C)n(CC)n1. The van der Waals surface area contributed by atoms with E-state index in [1.54, 1.807) is 4.68 Å². The molecule has 1 heterocycles. The first-order chi connectivity index (χ1) is 8.53. The second-order valence-electron chi connectivity index (χ2n) is 4.67. The maximum absolute atomic E-state index is 12.2. The van der Waals surface area contributed by atoms with Gasteiger partial charge in [-0.15, -0.1) is 11.6 Å². The van der Waals surface area contributed by atoms with Gasteiger partial charge in [0.05, 0.1) is 5.69 Å². The van der Waals surface area contributed by atoms with E-state index >= 15 is 0 Å². The van der Waals surface area contributed by atoms with Crippen LogP contribution in [0.1, 0.15) is 43.9 Å². The Morgan fingerprint density at radius 2 is 2.17 bits per heavy atom. The highest BCUT2D eigenvalue weighted by atomic mass is 35.5. The fourth-order valence-corrected chi connectivity index (χ4v) is 2.13. The zero-order valence-corrected chi connectivity index (χ0v) is 12.3. The topological polar surface area (TPSA) is 46.9 Å². The van der Waals surface area contributed by atoms with Crippen molar-refractivity contribution >= 4 is 17.5 Å². The van der Waals surface area contributed by atoms with Gasteiger partial charge in [-0.2, -0.15) is 5.10 Å². The molecule has 0 aliphatic rings. The van der Waals surface area contributed by atoms with E-state index < -0.39 is 0 Å². The molecule has 0 aliphatic heterocycles. The molecule has 0 saturated carbocycles. The molecule has 5 heteroatoms. The van der Waals surface area contributed by atoms with Gasteiger partial charge in [0.25, 0.3) is 5.91 Å². The molecule has 0 aromatic carbocycles. The predicted octanol–water partition coefficient (Wildman–Crippen LogP) is 2.46. The number of alkyl halides is 1. The highest BCUT2D eigenvalue weighted by molar-refractivity contribution is 6.18. The summed E-state index contributed by atoms with van der Waals surface area (Å²) in [6.45, 7) is 8.78. The van der Waals surface area contributed by atoms with Crippen molar-refractivity contribution in [2.45, 2.75) is 46.7 Å². The van der Waals surface area contributed by atoms with Gasteiger partial charge in [0.15, 0.2) is 0 Å². The number of nitrogens with one attached hydrogen (secondary N) is 1. The third kappa shape index (κ3) is 3.48. The largest absolute Gasteiger partial charge is 0.347 e. The number of carbonyl (C=O) groups is 1. The van der Waals surface area contributed by atoms with E-state index in [1.165, 1.54) is 0 Å². The average molecular weight is 272 g/mol. The summed E-state index contributed by atoms with van der Waals surface area (Å²) in [7, 11) is 0. The summed E-state index contributed by atoms with van der Waals surface area (Å²) in [4.78, 5) is 12.2. The van der Waals surface area contributed by atoms with Gasteiger partial charge in [0.2, 0.25) is 0 Å². The molecule has 1 rings (SSSR count). The zero-order chi connectivity index (χ0) is 13.7. The predicted molar refractivity (Wildman–Crippen MR) is 74.1 cm³/mol. The molecule has 1 aromatic heterocycles. The fourth-order valence-electron chi connectivity index (χ4n) is 1.69. The molecular formula is C13H22ClN3O. The molecule has 0 radical (unpaired) electrons. The maximum Gasteiger partial charge on any atom is 0.269 e. The van der Waals surface area contributed by atoms with Crippen molar-refractivity contribution in [2.75, 3.05) is 5.88 Å². The highest BCUT2D eigenvalue weighted by Crippen LogP contribution is 2.09. The van der Waals surface area contributed by atoms with Crippen LogP contribution in [0.25, 0.3) is 0 Å². The summed E-state index contributed by atoms with van der Waals surface area (Å²) in [5.74, 6) is 0.642. The van der Waals surface area contributed by atoms with Crippen LogP contribution in [0, 0.1) is 5.92 Å². The van der Waals surface area contributed by atoms with E-state index in [4.69, 9.17) is 11.6 Å². The van der Waals surface area contributed by atoms with Crippen molar-refractivity contribution in [1.29, 1.82) is 0 Å². The second kappa shape index (κ2) is 6.78. The third-order valence-electron chi connectivity index (χ3n) is 3.01. The van der Waals surface area contributed by atoms with Crippen LogP contribution in [-0.4, -0.2) is 27.6 Å². The quantitative estimate of drug-likeness (QED) is 0.808. The molecule has 4 nitrogen and oxygen atoms in total. The Morgan fingerprint density at radius 1 is 1.50 bits per heavy atom. The van der Waals surface area contributed by atoms with Gasteiger partial charge in [-0.1, -0.05) is 20.8 Å². The van der Waals surface area contributed by atoms with Gasteiger partial charge in [-0.3, -0.25) is 9.48 Å². The molecule has 1 N–H and O–H groups in total. The lowest BCUT2D eigenvalue weighted by Gasteiger charge is -2.19. The molecule has 18 heavy (non-hydrogen) atoms. The lowest BCUT2D eigenvalue weighted by atomic mass is 10.1. The third-order valence-corrected chi connectivity index (χ3v) is 3.34. The Bertz CT molecular complexity index is 401. The first-order valence-corrected chi connectivity index (χ1v) is 7.00. The van der Waals surface area contributed by atoms with Crippen LogP contribution in [0.3, 0.4) is 0 Å². The normalized spacial score (nSPS) is 12.8. The van der Waals surface area contributed by atoms with Crippen LogP contribution in [0.15, 0.2) is 6.07 Å². The molecular weight excluding hydrogens is 250 g/mol. The number of rotatable bonds is 6. The number of halogens is 1. The molecule has 0 fully saturated rings. The minimum Gasteiger partial charge on any atom is -0.347 e. The summed E-state index contributed by atoms with van der Waals surface area (Å²) < 4.78 is 1.74. The second-order valence-corrected chi connectivity index (χ2v) is 4.98. The van der Waals surface area contributed by atoms with E-state index in [-0.39, 0.29) is 11.9 Å². The van der Waals surface area contributed by atoms with Crippen LogP contribution in [0.4, 0.5) is 0 Å². The van der Waals surface area contributed by atoms with Gasteiger partial charge in [0, 0.05) is 18.5 Å². The summed E-state index contributed by atoms with van der Waals surface area (Å²) >= 11 is 5.86. The molecule has 1 unspecified atom stereocenters. The van der Waals surface area contributed by atoms with Crippen molar-refractivity contribution in [3.8, 4) is 0 Å². The molecule has 0 bridgehead atoms. The van der Waals surface area contributed by atoms with Crippen LogP contribution in [-0.2, 0) is 13.0 Å². The van der Waals surface area contributed by atoms with E-state index in [2.05, 4.69) is 10.4 Å². The van der Waals surface area contributed by atoms with Gasteiger partial charge in [-0.25, -0.2) is 0 Å². The molecule has 102 valence electrons. The molecule has 0 aliphatic carbocycles. The van der Waals surface area contributed by atoms with Crippen molar-refractivity contribution in [2.24, 2.45) is 5.92 Å². The number of aryl methyl sites for hydroxylation is 2. The molecule has 1 amide bonds. The summed E-state index contributed by atoms with van der Waals surface area (Å²) in [6, 6.07) is 1.84. The lowest BCUT2D eigenvalue weighted by Crippen LogP contribution is -2.40. The number of nitrogens with zero attached hydrogens (tertiary/aromatic N) is 2. The lowest BCUT2D eigenvalue weighted by molar-refractivity contribution is 0.0920. The summed E-state index contributed by atoms with van der Waals surface area (Å²) in [6.07, 6.45) is 0.830. The van der Waals surface area contributed by atoms with Gasteiger partial charge in [0.1, 0.15) is 5.69 Å². The number of amides is 1. The van der Waals surface area contributed by atoms with Crippen LogP contribution >= 0.6 is 11.6 Å². The Labute approximate surface area is 114 Å². The van der Waals surface area contributed by atoms with Crippen LogP contribution in [0.2, 0.25) is 0 Å². The average Bonchev–Trinajstić information content (AvgIpc) is 2.78. The van der Waals surface area contributed by atoms with E-state index in [0.717, 1.165) is 12.1 Å². The standard InChI is InChI=1S/C13H22ClN3O/c1-5-10-7-12(17(6-2)16-10)13(18)15-11(8-14)9(3)4/h7,9,11H,5-6,8H2,1-4H3,(H,15,18). The van der Waals surface area contributed by atoms with Crippen molar-refractivity contribution in [3.05, 3.63) is 17.5 Å². The van der Waals surface area contributed by atoms with Crippen molar-refractivity contribution in [3.63, 3.8) is 0 Å². The van der Waals surface area contributed by atoms with E-state index in [0.29, 0.717) is 24.0 Å². The highest BCUT2D eigenvalue weighted by Gasteiger charge is 2.19. The monoisotopic (exact) mass is 271 g/mol. The molecule has 1 atom stereocenters. The first-order valence-electron chi connectivity index (χ1n) is 6.46. The van der Waals surface area contributed by atoms with E-state index in [1.807, 2.05) is 33.8 Å². The van der Waals surface area contributed by atoms with Crippen LogP contribution in [0.5, 0.6) is 0 Å². The minimum absolute atomic E-state index is 0.00977. The molecule has 0 spiro atoms. The maximum atomic E-state index is 12.2. The Morgan fingerprint density at radius 3 is 2.61 bits per heavy atom. The Balaban J connectivity index is 2.86. The van der Waals surface area contributed by atoms with Gasteiger partial charge >= 0.3 is 0 Å². The summed E-state index contributed by atoms with van der Waals surface area (Å²) in [5.41, 5.74) is 1.55. The zero-order valence-electron chi connectivity index (χ0n) is 11.5.